The largest absolute Gasteiger partial charge is 1.00 e. The number of benzene rings is 1. The number of rotatable bonds is 2. The van der Waals surface area contributed by atoms with Crippen LogP contribution in [-0.2, 0) is 6.61 Å². The molecule has 0 aliphatic carbocycles. The fraction of sp³-hybridized carbons (Fsp3) is 0.125. The van der Waals surface area contributed by atoms with Crippen LogP contribution in [-0.4, -0.2) is 11.1 Å². The van der Waals surface area contributed by atoms with Crippen LogP contribution in [0.25, 0.3) is 0 Å². The fourth-order valence-electron chi connectivity index (χ4n) is 0.969. The zero-order chi connectivity index (χ0) is 10.9. The first-order valence-corrected chi connectivity index (χ1v) is 5.31. The van der Waals surface area contributed by atoms with Crippen LogP contribution < -0.4 is 34.7 Å². The van der Waals surface area contributed by atoms with E-state index in [-0.39, 0.29) is 50.7 Å². The number of carboxylic acid groups (broad SMARTS) is 1. The molecule has 0 fully saturated rings. The van der Waals surface area contributed by atoms with E-state index in [2.05, 4.69) is 0 Å². The molecule has 0 saturated heterocycles. The van der Waals surface area contributed by atoms with Crippen molar-refractivity contribution in [3.63, 3.8) is 0 Å². The van der Waals surface area contributed by atoms with E-state index in [4.69, 9.17) is 28.3 Å². The fourth-order valence-corrected chi connectivity index (χ4v) is 1.97. The molecule has 0 bridgehead atoms. The van der Waals surface area contributed by atoms with Crippen molar-refractivity contribution >= 4 is 51.8 Å². The predicted molar refractivity (Wildman–Crippen MR) is 59.4 cm³/mol. The number of carbonyl (C=O) groups is 1. The maximum absolute atomic E-state index is 10.7. The van der Waals surface area contributed by atoms with Gasteiger partial charge in [-0.05, 0) is 28.7 Å². The number of hydrogen-bond acceptors (Lipinski definition) is 3. The van der Waals surface area contributed by atoms with E-state index in [1.54, 1.807) is 0 Å². The third-order valence-corrected chi connectivity index (χ3v) is 4.11. The van der Waals surface area contributed by atoms with Gasteiger partial charge in [-0.3, -0.25) is 0 Å². The molecule has 0 aliphatic heterocycles. The van der Waals surface area contributed by atoms with Crippen LogP contribution in [0.2, 0.25) is 10.0 Å². The second-order valence-corrected chi connectivity index (χ2v) is 4.32. The quantitative estimate of drug-likeness (QED) is 0.391. The van der Waals surface area contributed by atoms with Crippen LogP contribution in [0.3, 0.4) is 0 Å². The first-order valence-electron chi connectivity index (χ1n) is 3.47. The molecule has 1 aromatic rings. The summed E-state index contributed by atoms with van der Waals surface area (Å²) in [5, 5.41) is 20.0. The Bertz CT molecular complexity index is 398. The molecule has 7 heteroatoms. The average molecular weight is 369 g/mol. The van der Waals surface area contributed by atoms with Crippen LogP contribution in [0.15, 0.2) is 6.07 Å². The molecule has 0 aromatic heterocycles. The van der Waals surface area contributed by atoms with Crippen molar-refractivity contribution < 1.29 is 44.6 Å². The smallest absolute Gasteiger partial charge is 0.545 e. The van der Waals surface area contributed by atoms with Gasteiger partial charge in [0, 0.05) is 11.1 Å². The van der Waals surface area contributed by atoms with E-state index >= 15 is 0 Å². The Hall–Kier alpha value is 0.960. The van der Waals surface area contributed by atoms with Crippen molar-refractivity contribution in [2.75, 3.05) is 0 Å². The van der Waals surface area contributed by atoms with Crippen molar-refractivity contribution in [2.45, 2.75) is 6.61 Å². The maximum atomic E-state index is 10.7. The van der Waals surface area contributed by atoms with Gasteiger partial charge >= 0.3 is 29.6 Å². The maximum Gasteiger partial charge on any atom is 1.00 e. The third-order valence-electron chi connectivity index (χ3n) is 1.64. The molecule has 3 nitrogen and oxygen atoms in total. The summed E-state index contributed by atoms with van der Waals surface area (Å²) in [6.07, 6.45) is 0. The van der Waals surface area contributed by atoms with Gasteiger partial charge in [0.2, 0.25) is 0 Å². The van der Waals surface area contributed by atoms with Gasteiger partial charge < -0.3 is 15.0 Å². The normalized spacial score (nSPS) is 9.60. The summed E-state index contributed by atoms with van der Waals surface area (Å²) in [7, 11) is 0. The second-order valence-electron chi connectivity index (χ2n) is 2.46. The molecule has 0 amide bonds. The van der Waals surface area contributed by atoms with Gasteiger partial charge in [0.05, 0.1) is 26.2 Å². The molecule has 1 rings (SSSR count). The standard InChI is InChI=1S/C8H5Cl2IO3.Na/c9-5-1-3(8(13)14)4(2-12)6(10)7(5)11;/h1,12H,2H2,(H,13,14);/q;+1/p-1. The number of carboxylic acids is 1. The van der Waals surface area contributed by atoms with Crippen LogP contribution in [0.1, 0.15) is 15.9 Å². The molecule has 0 heterocycles. The zero-order valence-electron chi connectivity index (χ0n) is 7.68. The Labute approximate surface area is 132 Å². The first kappa shape index (κ1) is 16.0. The summed E-state index contributed by atoms with van der Waals surface area (Å²) >= 11 is 13.4. The van der Waals surface area contributed by atoms with Gasteiger partial charge in [0.25, 0.3) is 0 Å². The van der Waals surface area contributed by atoms with Gasteiger partial charge in [-0.2, -0.15) is 0 Å². The van der Waals surface area contributed by atoms with E-state index in [1.807, 2.05) is 22.6 Å². The molecule has 76 valence electrons. The van der Waals surface area contributed by atoms with E-state index in [1.165, 1.54) is 6.07 Å². The van der Waals surface area contributed by atoms with E-state index in [9.17, 15) is 9.90 Å². The van der Waals surface area contributed by atoms with Crippen molar-refractivity contribution in [3.05, 3.63) is 30.8 Å². The van der Waals surface area contributed by atoms with Gasteiger partial charge in [0.15, 0.2) is 0 Å². The number of hydrogen-bond donors (Lipinski definition) is 1. The molecular formula is C8H4Cl2INaO3. The van der Waals surface area contributed by atoms with E-state index in [0.717, 1.165) is 0 Å². The van der Waals surface area contributed by atoms with Crippen LogP contribution in [0, 0.1) is 3.57 Å². The van der Waals surface area contributed by atoms with Crippen LogP contribution in [0.5, 0.6) is 0 Å². The minimum Gasteiger partial charge on any atom is -0.545 e. The second kappa shape index (κ2) is 6.64. The van der Waals surface area contributed by atoms with Crippen molar-refractivity contribution in [2.24, 2.45) is 0 Å². The van der Waals surface area contributed by atoms with Gasteiger partial charge in [-0.25, -0.2) is 0 Å². The first-order chi connectivity index (χ1) is 6.49. The number of halogens is 3. The van der Waals surface area contributed by atoms with E-state index in [0.29, 0.717) is 3.57 Å². The summed E-state index contributed by atoms with van der Waals surface area (Å²) in [6.45, 7) is -0.463. The molecular weight excluding hydrogens is 365 g/mol. The van der Waals surface area contributed by atoms with Crippen LogP contribution in [0.4, 0.5) is 0 Å². The zero-order valence-corrected chi connectivity index (χ0v) is 13.4. The SMILES string of the molecule is O=C([O-])c1cc(Cl)c(I)c(Cl)c1CO.[Na+]. The molecule has 1 N–H and O–H groups in total. The molecule has 0 radical (unpaired) electrons. The Morgan fingerprint density at radius 3 is 2.47 bits per heavy atom. The summed E-state index contributed by atoms with van der Waals surface area (Å²) in [4.78, 5) is 10.7. The number of carbonyl (C=O) groups excluding carboxylic acids is 1. The Morgan fingerprint density at radius 2 is 2.07 bits per heavy atom. The minimum atomic E-state index is -1.41. The topological polar surface area (TPSA) is 60.4 Å². The van der Waals surface area contributed by atoms with Crippen molar-refractivity contribution in [3.8, 4) is 0 Å². The molecule has 0 spiro atoms. The molecule has 0 aliphatic rings. The summed E-state index contributed by atoms with van der Waals surface area (Å²) in [5.41, 5.74) is -0.0524. The van der Waals surface area contributed by atoms with Gasteiger partial charge in [0.1, 0.15) is 0 Å². The molecule has 0 unspecified atom stereocenters. The summed E-state index contributed by atoms with van der Waals surface area (Å²) in [6, 6.07) is 1.22. The Morgan fingerprint density at radius 1 is 1.53 bits per heavy atom. The van der Waals surface area contributed by atoms with Gasteiger partial charge in [-0.1, -0.05) is 23.2 Å². The van der Waals surface area contributed by atoms with Crippen LogP contribution >= 0.6 is 45.8 Å². The number of aromatic carboxylic acids is 1. The molecule has 15 heavy (non-hydrogen) atoms. The number of aliphatic hydroxyl groups excluding tert-OH is 1. The predicted octanol–water partition coefficient (Wildman–Crippen LogP) is -1.54. The van der Waals surface area contributed by atoms with Crippen molar-refractivity contribution in [1.82, 2.24) is 0 Å². The third kappa shape index (κ3) is 3.46. The molecule has 0 atom stereocenters. The Kier molecular flexibility index (Phi) is 7.06. The summed E-state index contributed by atoms with van der Waals surface area (Å²) in [5.74, 6) is -1.41. The molecule has 1 aromatic carbocycles. The summed E-state index contributed by atoms with van der Waals surface area (Å²) < 4.78 is 0.514. The number of aliphatic hydroxyl groups is 1. The Balaban J connectivity index is 0.00000196. The van der Waals surface area contributed by atoms with E-state index < -0.39 is 12.6 Å². The monoisotopic (exact) mass is 368 g/mol. The minimum absolute atomic E-state index is 0. The average Bonchev–Trinajstić information content (AvgIpc) is 2.13. The molecule has 0 saturated carbocycles. The van der Waals surface area contributed by atoms with Crippen molar-refractivity contribution in [1.29, 1.82) is 0 Å². The van der Waals surface area contributed by atoms with Gasteiger partial charge in [-0.15, -0.1) is 0 Å².